The summed E-state index contributed by atoms with van der Waals surface area (Å²) in [5.41, 5.74) is 7.71. The molecule has 0 saturated carbocycles. The van der Waals surface area contributed by atoms with Crippen molar-refractivity contribution in [2.45, 2.75) is 46.0 Å². The standard InChI is InChI=1S/C29H29FN2O3/c1-17-21-10-7-13-35-28(21)25(30)15-22(17)27-23(16-26(33)34)18(2)31-29-24(27)14-20(32(29)3)12-11-19-8-5-4-6-9-19/h4-6,8-9,14-15H,7,10-13,16H2,1-3H3,(H,33,34). The van der Waals surface area contributed by atoms with E-state index in [1.165, 1.54) is 11.6 Å². The van der Waals surface area contributed by atoms with E-state index in [0.717, 1.165) is 64.7 Å². The minimum Gasteiger partial charge on any atom is -0.490 e. The molecule has 1 aliphatic rings. The lowest BCUT2D eigenvalue weighted by Gasteiger charge is -2.23. The molecule has 2 aromatic carbocycles. The van der Waals surface area contributed by atoms with E-state index in [1.807, 2.05) is 39.1 Å². The molecule has 180 valence electrons. The first-order chi connectivity index (χ1) is 16.8. The van der Waals surface area contributed by atoms with Crippen molar-refractivity contribution in [2.24, 2.45) is 7.05 Å². The second kappa shape index (κ2) is 9.17. The highest BCUT2D eigenvalue weighted by Crippen LogP contribution is 2.42. The van der Waals surface area contributed by atoms with E-state index >= 15 is 4.39 Å². The molecule has 0 radical (unpaired) electrons. The summed E-state index contributed by atoms with van der Waals surface area (Å²) in [6.07, 6.45) is 3.09. The molecule has 0 bridgehead atoms. The van der Waals surface area contributed by atoms with Gasteiger partial charge in [0.05, 0.1) is 13.0 Å². The van der Waals surface area contributed by atoms with Crippen molar-refractivity contribution in [3.05, 3.63) is 81.9 Å². The highest BCUT2D eigenvalue weighted by atomic mass is 19.1. The number of nitrogens with zero attached hydrogens (tertiary/aromatic N) is 2. The minimum atomic E-state index is -0.935. The molecule has 2 aromatic heterocycles. The first-order valence-corrected chi connectivity index (χ1v) is 12.0. The number of carboxylic acids is 1. The van der Waals surface area contributed by atoms with Crippen LogP contribution in [0, 0.1) is 19.7 Å². The van der Waals surface area contributed by atoms with Gasteiger partial charge in [0, 0.05) is 29.4 Å². The molecule has 1 N–H and O–H groups in total. The van der Waals surface area contributed by atoms with Crippen molar-refractivity contribution in [2.75, 3.05) is 6.61 Å². The Hall–Kier alpha value is -3.67. The fraction of sp³-hybridized carbons (Fsp3) is 0.310. The van der Waals surface area contributed by atoms with E-state index in [1.54, 1.807) is 0 Å². The SMILES string of the molecule is Cc1nc2c(cc(CCc3ccccc3)n2C)c(-c2cc(F)c3c(c2C)CCCO3)c1CC(=O)O. The van der Waals surface area contributed by atoms with Crippen molar-refractivity contribution >= 4 is 17.0 Å². The number of rotatable bonds is 6. The van der Waals surface area contributed by atoms with Crippen LogP contribution in [0.4, 0.5) is 4.39 Å². The molecule has 0 atom stereocenters. The Balaban J connectivity index is 1.72. The van der Waals surface area contributed by atoms with Crippen molar-refractivity contribution in [1.82, 2.24) is 9.55 Å². The molecule has 0 spiro atoms. The summed E-state index contributed by atoms with van der Waals surface area (Å²) in [5, 5.41) is 10.6. The Kier molecular flexibility index (Phi) is 6.05. The Morgan fingerprint density at radius 3 is 2.69 bits per heavy atom. The van der Waals surface area contributed by atoms with E-state index in [4.69, 9.17) is 9.72 Å². The fourth-order valence-corrected chi connectivity index (χ4v) is 5.28. The average Bonchev–Trinajstić information content (AvgIpc) is 3.16. The van der Waals surface area contributed by atoms with Gasteiger partial charge in [-0.05, 0) is 79.5 Å². The molecular weight excluding hydrogens is 443 g/mol. The van der Waals surface area contributed by atoms with Crippen LogP contribution in [0.25, 0.3) is 22.2 Å². The Morgan fingerprint density at radius 1 is 1.17 bits per heavy atom. The third-order valence-corrected chi connectivity index (χ3v) is 7.13. The van der Waals surface area contributed by atoms with Crippen molar-refractivity contribution in [3.8, 4) is 16.9 Å². The van der Waals surface area contributed by atoms with Gasteiger partial charge >= 0.3 is 5.97 Å². The molecule has 1 aliphatic heterocycles. The van der Waals surface area contributed by atoms with Crippen LogP contribution in [0.5, 0.6) is 5.75 Å². The molecule has 35 heavy (non-hydrogen) atoms. The summed E-state index contributed by atoms with van der Waals surface area (Å²) in [6.45, 7) is 4.33. The number of ether oxygens (including phenoxy) is 1. The molecule has 0 unspecified atom stereocenters. The molecule has 0 fully saturated rings. The topological polar surface area (TPSA) is 64.4 Å². The number of carboxylic acid groups (broad SMARTS) is 1. The Labute approximate surface area is 204 Å². The van der Waals surface area contributed by atoms with Gasteiger partial charge in [-0.2, -0.15) is 0 Å². The predicted molar refractivity (Wildman–Crippen MR) is 135 cm³/mol. The lowest BCUT2D eigenvalue weighted by atomic mass is 9.87. The summed E-state index contributed by atoms with van der Waals surface area (Å²) < 4.78 is 22.9. The number of halogens is 1. The van der Waals surface area contributed by atoms with Gasteiger partial charge in [0.1, 0.15) is 5.65 Å². The van der Waals surface area contributed by atoms with E-state index in [-0.39, 0.29) is 6.42 Å². The smallest absolute Gasteiger partial charge is 0.307 e. The van der Waals surface area contributed by atoms with Crippen LogP contribution < -0.4 is 4.74 Å². The normalized spacial score (nSPS) is 13.0. The maximum atomic E-state index is 15.2. The van der Waals surface area contributed by atoms with Crippen LogP contribution in [0.15, 0.2) is 42.5 Å². The molecule has 0 saturated heterocycles. The minimum absolute atomic E-state index is 0.174. The Bertz CT molecular complexity index is 1440. The quantitative estimate of drug-likeness (QED) is 0.389. The third-order valence-electron chi connectivity index (χ3n) is 7.13. The maximum absolute atomic E-state index is 15.2. The van der Waals surface area contributed by atoms with Crippen LogP contribution in [-0.4, -0.2) is 27.2 Å². The Morgan fingerprint density at radius 2 is 1.94 bits per heavy atom. The molecule has 6 heteroatoms. The summed E-state index contributed by atoms with van der Waals surface area (Å²) >= 11 is 0. The maximum Gasteiger partial charge on any atom is 0.307 e. The second-order valence-electron chi connectivity index (χ2n) is 9.33. The number of benzene rings is 2. The molecule has 0 aliphatic carbocycles. The number of aromatic nitrogens is 2. The van der Waals surface area contributed by atoms with Crippen LogP contribution in [-0.2, 0) is 37.5 Å². The second-order valence-corrected chi connectivity index (χ2v) is 9.33. The van der Waals surface area contributed by atoms with Gasteiger partial charge in [0.15, 0.2) is 11.6 Å². The van der Waals surface area contributed by atoms with Crippen molar-refractivity contribution < 1.29 is 19.0 Å². The van der Waals surface area contributed by atoms with Crippen LogP contribution in [0.1, 0.15) is 40.1 Å². The van der Waals surface area contributed by atoms with E-state index in [9.17, 15) is 9.90 Å². The van der Waals surface area contributed by atoms with Gasteiger partial charge in [-0.1, -0.05) is 30.3 Å². The molecule has 3 heterocycles. The molecular formula is C29H29FN2O3. The number of fused-ring (bicyclic) bond motifs is 2. The largest absolute Gasteiger partial charge is 0.490 e. The summed E-state index contributed by atoms with van der Waals surface area (Å²) in [6, 6.07) is 13.9. The van der Waals surface area contributed by atoms with Gasteiger partial charge in [-0.15, -0.1) is 0 Å². The van der Waals surface area contributed by atoms with Gasteiger partial charge in [-0.25, -0.2) is 9.37 Å². The molecule has 5 rings (SSSR count). The van der Waals surface area contributed by atoms with E-state index < -0.39 is 11.8 Å². The number of aryl methyl sites for hydroxylation is 4. The number of hydrogen-bond donors (Lipinski definition) is 1. The zero-order valence-corrected chi connectivity index (χ0v) is 20.3. The van der Waals surface area contributed by atoms with Crippen molar-refractivity contribution in [1.29, 1.82) is 0 Å². The average molecular weight is 473 g/mol. The number of carbonyl (C=O) groups is 1. The van der Waals surface area contributed by atoms with Crippen LogP contribution in [0.2, 0.25) is 0 Å². The number of pyridine rings is 1. The van der Waals surface area contributed by atoms with E-state index in [0.29, 0.717) is 23.6 Å². The lowest BCUT2D eigenvalue weighted by Crippen LogP contribution is -2.13. The summed E-state index contributed by atoms with van der Waals surface area (Å²) in [4.78, 5) is 16.6. The number of aliphatic carboxylic acids is 1. The third kappa shape index (κ3) is 4.18. The monoisotopic (exact) mass is 472 g/mol. The van der Waals surface area contributed by atoms with Crippen LogP contribution >= 0.6 is 0 Å². The molecule has 5 nitrogen and oxygen atoms in total. The zero-order valence-electron chi connectivity index (χ0n) is 20.3. The van der Waals surface area contributed by atoms with Gasteiger partial charge < -0.3 is 14.4 Å². The van der Waals surface area contributed by atoms with Crippen LogP contribution in [0.3, 0.4) is 0 Å². The summed E-state index contributed by atoms with van der Waals surface area (Å²) in [7, 11) is 1.99. The van der Waals surface area contributed by atoms with Crippen molar-refractivity contribution in [3.63, 3.8) is 0 Å². The highest BCUT2D eigenvalue weighted by Gasteiger charge is 2.26. The molecule has 4 aromatic rings. The lowest BCUT2D eigenvalue weighted by molar-refractivity contribution is -0.136. The first kappa shape index (κ1) is 23.1. The number of hydrogen-bond acceptors (Lipinski definition) is 3. The fourth-order valence-electron chi connectivity index (χ4n) is 5.28. The summed E-state index contributed by atoms with van der Waals surface area (Å²) in [5.74, 6) is -1.00. The van der Waals surface area contributed by atoms with Gasteiger partial charge in [-0.3, -0.25) is 4.79 Å². The van der Waals surface area contributed by atoms with Gasteiger partial charge in [0.2, 0.25) is 0 Å². The molecule has 0 amide bonds. The first-order valence-electron chi connectivity index (χ1n) is 12.0. The van der Waals surface area contributed by atoms with E-state index in [2.05, 4.69) is 22.8 Å². The zero-order chi connectivity index (χ0) is 24.7. The predicted octanol–water partition coefficient (Wildman–Crippen LogP) is 5.73. The van der Waals surface area contributed by atoms with Gasteiger partial charge in [0.25, 0.3) is 0 Å². The highest BCUT2D eigenvalue weighted by molar-refractivity contribution is 5.98.